The van der Waals surface area contributed by atoms with Gasteiger partial charge in [-0.25, -0.2) is 4.79 Å². The predicted molar refractivity (Wildman–Crippen MR) is 121 cm³/mol. The third-order valence-corrected chi connectivity index (χ3v) is 6.66. The van der Waals surface area contributed by atoms with Gasteiger partial charge in [-0.2, -0.15) is 0 Å². The maximum Gasteiger partial charge on any atom is 0.338 e. The van der Waals surface area contributed by atoms with Crippen LogP contribution in [0.2, 0.25) is 0 Å². The number of allylic oxidation sites excluding steroid dienone is 1. The molecule has 178 valence electrons. The minimum atomic E-state index is -0.719. The quantitative estimate of drug-likeness (QED) is 0.397. The zero-order valence-corrected chi connectivity index (χ0v) is 20.1. The second kappa shape index (κ2) is 9.71. The van der Waals surface area contributed by atoms with Crippen molar-refractivity contribution >= 4 is 5.97 Å². The highest BCUT2D eigenvalue weighted by molar-refractivity contribution is 5.91. The Morgan fingerprint density at radius 3 is 2.31 bits per heavy atom. The molecule has 1 fully saturated rings. The first-order chi connectivity index (χ1) is 15.1. The molecule has 1 aromatic carbocycles. The van der Waals surface area contributed by atoms with Crippen LogP contribution in [0, 0.1) is 11.8 Å². The molecule has 1 aliphatic heterocycles. The molecule has 0 radical (unpaired) electrons. The molecule has 0 aromatic heterocycles. The second-order valence-electron chi connectivity index (χ2n) is 9.31. The number of hydrogen-bond acceptors (Lipinski definition) is 7. The van der Waals surface area contributed by atoms with Gasteiger partial charge in [-0.3, -0.25) is 0 Å². The van der Waals surface area contributed by atoms with Gasteiger partial charge in [-0.05, 0) is 44.7 Å². The van der Waals surface area contributed by atoms with E-state index in [9.17, 15) is 9.90 Å². The summed E-state index contributed by atoms with van der Waals surface area (Å²) < 4.78 is 28.1. The molecule has 7 nitrogen and oxygen atoms in total. The van der Waals surface area contributed by atoms with E-state index in [4.69, 9.17) is 23.7 Å². The van der Waals surface area contributed by atoms with Gasteiger partial charge in [-0.15, -0.1) is 0 Å². The average Bonchev–Trinajstić information content (AvgIpc) is 3.43. The van der Waals surface area contributed by atoms with Crippen LogP contribution in [0.25, 0.3) is 0 Å². The number of benzene rings is 1. The Morgan fingerprint density at radius 2 is 1.78 bits per heavy atom. The molecule has 32 heavy (non-hydrogen) atoms. The minimum Gasteiger partial charge on any atom is -0.493 e. The molecule has 1 aliphatic carbocycles. The van der Waals surface area contributed by atoms with Crippen molar-refractivity contribution in [2.24, 2.45) is 11.8 Å². The van der Waals surface area contributed by atoms with Gasteiger partial charge in [0.25, 0.3) is 0 Å². The van der Waals surface area contributed by atoms with E-state index in [1.54, 1.807) is 12.1 Å². The standard InChI is InChI=1S/C25H36O7/c1-14(2)20-17(11-15(3)9-8-10-25(4)23(32-25)21(20)26)31-24(27)16-12-18(28-5)22(30-7)19(13-16)29-6/h9,12-14,17,20-21,23,26H,8,10-11H2,1-7H3/b15-9-/t17-,20+,21-,23-,25+/m1/s1. The van der Waals surface area contributed by atoms with Gasteiger partial charge < -0.3 is 28.8 Å². The molecule has 2 aliphatic rings. The fraction of sp³-hybridized carbons (Fsp3) is 0.640. The first kappa shape index (κ1) is 24.4. The number of ether oxygens (including phenoxy) is 5. The van der Waals surface area contributed by atoms with E-state index < -0.39 is 18.2 Å². The molecular weight excluding hydrogens is 412 g/mol. The van der Waals surface area contributed by atoms with Crippen LogP contribution in [0.15, 0.2) is 23.8 Å². The summed E-state index contributed by atoms with van der Waals surface area (Å²) in [6.07, 6.45) is 3.00. The van der Waals surface area contributed by atoms with E-state index in [-0.39, 0.29) is 23.5 Å². The molecule has 1 heterocycles. The molecule has 1 saturated heterocycles. The number of aliphatic hydroxyl groups excluding tert-OH is 1. The largest absolute Gasteiger partial charge is 0.493 e. The van der Waals surface area contributed by atoms with Gasteiger partial charge >= 0.3 is 5.97 Å². The lowest BCUT2D eigenvalue weighted by Gasteiger charge is -2.34. The maximum atomic E-state index is 13.2. The number of aliphatic hydroxyl groups is 1. The monoisotopic (exact) mass is 448 g/mol. The molecule has 0 unspecified atom stereocenters. The number of rotatable bonds is 6. The maximum absolute atomic E-state index is 13.2. The highest BCUT2D eigenvalue weighted by Crippen LogP contribution is 2.47. The number of hydrogen-bond donors (Lipinski definition) is 1. The van der Waals surface area contributed by atoms with E-state index in [2.05, 4.69) is 6.08 Å². The number of fused-ring (bicyclic) bond motifs is 1. The average molecular weight is 449 g/mol. The van der Waals surface area contributed by atoms with Crippen molar-refractivity contribution in [2.45, 2.75) is 70.9 Å². The number of methoxy groups -OCH3 is 3. The Bertz CT molecular complexity index is 837. The van der Waals surface area contributed by atoms with Gasteiger partial charge in [0.1, 0.15) is 12.2 Å². The van der Waals surface area contributed by atoms with Crippen molar-refractivity contribution in [3.05, 3.63) is 29.3 Å². The smallest absolute Gasteiger partial charge is 0.338 e. The summed E-state index contributed by atoms with van der Waals surface area (Å²) in [6, 6.07) is 3.16. The van der Waals surface area contributed by atoms with Crippen LogP contribution in [0.4, 0.5) is 0 Å². The number of epoxide rings is 1. The lowest BCUT2D eigenvalue weighted by molar-refractivity contribution is -0.0419. The van der Waals surface area contributed by atoms with Crippen molar-refractivity contribution in [3.8, 4) is 17.2 Å². The molecule has 0 saturated carbocycles. The van der Waals surface area contributed by atoms with Crippen LogP contribution in [0.1, 0.15) is 57.3 Å². The van der Waals surface area contributed by atoms with Crippen molar-refractivity contribution in [2.75, 3.05) is 21.3 Å². The van der Waals surface area contributed by atoms with Crippen LogP contribution in [-0.4, -0.2) is 56.3 Å². The first-order valence-electron chi connectivity index (χ1n) is 11.2. The highest BCUT2D eigenvalue weighted by atomic mass is 16.6. The van der Waals surface area contributed by atoms with Gasteiger partial charge in [0.15, 0.2) is 11.5 Å². The lowest BCUT2D eigenvalue weighted by atomic mass is 9.78. The van der Waals surface area contributed by atoms with Crippen molar-refractivity contribution < 1.29 is 33.6 Å². The third kappa shape index (κ3) is 4.89. The highest BCUT2D eigenvalue weighted by Gasteiger charge is 2.58. The SMILES string of the molecule is COc1cc(C(=O)O[C@@H]2C/C(C)=C\CC[C@]3(C)O[C@@H]3[C@H](O)[C@H]2C(C)C)cc(OC)c1OC. The molecule has 3 rings (SSSR count). The first-order valence-corrected chi connectivity index (χ1v) is 11.2. The molecule has 0 bridgehead atoms. The number of carbonyl (C=O) groups excluding carboxylic acids is 1. The van der Waals surface area contributed by atoms with E-state index in [0.717, 1.165) is 18.4 Å². The van der Waals surface area contributed by atoms with E-state index in [0.29, 0.717) is 29.2 Å². The summed E-state index contributed by atoms with van der Waals surface area (Å²) in [5.41, 5.74) is 1.10. The summed E-state index contributed by atoms with van der Waals surface area (Å²) in [5.74, 6) is 0.477. The Labute approximate surface area is 190 Å². The van der Waals surface area contributed by atoms with E-state index >= 15 is 0 Å². The summed E-state index contributed by atoms with van der Waals surface area (Å²) in [7, 11) is 4.51. The summed E-state index contributed by atoms with van der Waals surface area (Å²) in [6.45, 7) is 8.16. The lowest BCUT2D eigenvalue weighted by Crippen LogP contribution is -2.43. The molecule has 0 amide bonds. The zero-order valence-electron chi connectivity index (χ0n) is 20.1. The molecule has 7 heteroatoms. The van der Waals surface area contributed by atoms with Crippen molar-refractivity contribution in [1.29, 1.82) is 0 Å². The topological polar surface area (TPSA) is 86.8 Å². The molecule has 1 aromatic rings. The number of carbonyl (C=O) groups is 1. The summed E-state index contributed by atoms with van der Waals surface area (Å²) >= 11 is 0. The van der Waals surface area contributed by atoms with E-state index in [1.807, 2.05) is 27.7 Å². The predicted octanol–water partition coefficient (Wildman–Crippen LogP) is 4.16. The van der Waals surface area contributed by atoms with Crippen molar-refractivity contribution in [3.63, 3.8) is 0 Å². The van der Waals surface area contributed by atoms with Gasteiger partial charge in [0.05, 0.1) is 38.6 Å². The minimum absolute atomic E-state index is 0.0865. The Morgan fingerprint density at radius 1 is 1.16 bits per heavy atom. The van der Waals surface area contributed by atoms with Crippen LogP contribution >= 0.6 is 0 Å². The van der Waals surface area contributed by atoms with Gasteiger partial charge in [0.2, 0.25) is 5.75 Å². The van der Waals surface area contributed by atoms with Crippen LogP contribution in [-0.2, 0) is 9.47 Å². The van der Waals surface area contributed by atoms with Crippen molar-refractivity contribution in [1.82, 2.24) is 0 Å². The van der Waals surface area contributed by atoms with Crippen LogP contribution in [0.3, 0.4) is 0 Å². The fourth-order valence-electron chi connectivity index (χ4n) is 4.80. The summed E-state index contributed by atoms with van der Waals surface area (Å²) in [4.78, 5) is 13.2. The Balaban J connectivity index is 1.93. The Kier molecular flexibility index (Phi) is 7.40. The molecule has 1 N–H and O–H groups in total. The molecular formula is C25H36O7. The van der Waals surface area contributed by atoms with Gasteiger partial charge in [0, 0.05) is 12.3 Å². The van der Waals surface area contributed by atoms with Gasteiger partial charge in [-0.1, -0.05) is 25.5 Å². The van der Waals surface area contributed by atoms with Crippen LogP contribution < -0.4 is 14.2 Å². The normalized spacial score (nSPS) is 31.7. The van der Waals surface area contributed by atoms with E-state index in [1.165, 1.54) is 21.3 Å². The Hall–Kier alpha value is -2.25. The third-order valence-electron chi connectivity index (χ3n) is 6.66. The molecule has 0 spiro atoms. The fourth-order valence-corrected chi connectivity index (χ4v) is 4.80. The number of esters is 1. The summed E-state index contributed by atoms with van der Waals surface area (Å²) in [5, 5.41) is 11.2. The molecule has 5 atom stereocenters. The van der Waals surface area contributed by atoms with Crippen LogP contribution in [0.5, 0.6) is 17.2 Å². The zero-order chi connectivity index (χ0) is 23.6. The second-order valence-corrected chi connectivity index (χ2v) is 9.31.